The Balaban J connectivity index is 1.32. The van der Waals surface area contributed by atoms with E-state index in [2.05, 4.69) is 10.5 Å². The molecule has 11 heteroatoms. The number of nitrogens with one attached hydrogen (secondary N) is 1. The number of carbonyl (C=O) groups excluding carboxylic acids is 1. The molecule has 1 unspecified atom stereocenters. The minimum atomic E-state index is -4.48. The first-order valence-electron chi connectivity index (χ1n) is 12.3. The summed E-state index contributed by atoms with van der Waals surface area (Å²) in [7, 11) is 0. The van der Waals surface area contributed by atoms with Gasteiger partial charge in [-0.1, -0.05) is 42.5 Å². The smallest absolute Gasteiger partial charge is 0.416 e. The van der Waals surface area contributed by atoms with Gasteiger partial charge in [0.15, 0.2) is 0 Å². The number of hydrazone groups is 1. The van der Waals surface area contributed by atoms with Crippen LogP contribution in [0.4, 0.5) is 18.9 Å². The number of nitrogens with zero attached hydrogens (tertiary/aromatic N) is 2. The number of aromatic carboxylic acids is 1. The molecule has 3 N–H and O–H groups in total. The predicted octanol–water partition coefficient (Wildman–Crippen LogP) is 6.02. The highest BCUT2D eigenvalue weighted by Crippen LogP contribution is 2.36. The summed E-state index contributed by atoms with van der Waals surface area (Å²) in [5.41, 5.74) is 4.00. The van der Waals surface area contributed by atoms with E-state index in [-0.39, 0.29) is 41.4 Å². The quantitative estimate of drug-likeness (QED) is 0.111. The van der Waals surface area contributed by atoms with Crippen LogP contribution in [0.1, 0.15) is 21.5 Å². The second-order valence-electron chi connectivity index (χ2n) is 9.57. The number of quaternary nitrogens is 1. The second kappa shape index (κ2) is 10.5. The van der Waals surface area contributed by atoms with Crippen LogP contribution in [-0.2, 0) is 17.5 Å². The van der Waals surface area contributed by atoms with E-state index in [1.165, 1.54) is 48.7 Å². The third-order valence-electron chi connectivity index (χ3n) is 6.71. The number of alkyl halides is 3. The van der Waals surface area contributed by atoms with Crippen molar-refractivity contribution in [2.45, 2.75) is 12.7 Å². The summed E-state index contributed by atoms with van der Waals surface area (Å²) in [6, 6.07) is 15.1. The van der Waals surface area contributed by atoms with E-state index in [1.807, 2.05) is 0 Å². The number of aromatic hydroxyl groups is 1. The third-order valence-corrected chi connectivity index (χ3v) is 6.71. The average molecular weight is 562 g/mol. The number of carboxylic acid groups (broad SMARTS) is 1. The van der Waals surface area contributed by atoms with Gasteiger partial charge < -0.3 is 20.1 Å². The molecule has 0 aromatic heterocycles. The molecule has 0 radical (unpaired) electrons. The van der Waals surface area contributed by atoms with Crippen LogP contribution in [-0.4, -0.2) is 38.9 Å². The van der Waals surface area contributed by atoms with Crippen molar-refractivity contribution in [2.24, 2.45) is 5.10 Å². The number of hydroxylamine groups is 3. The highest BCUT2D eigenvalue weighted by Gasteiger charge is 2.33. The van der Waals surface area contributed by atoms with E-state index in [1.54, 1.807) is 30.3 Å². The Morgan fingerprint density at radius 3 is 2.46 bits per heavy atom. The standard InChI is InChI=1S/C30H22F3N3O5/c31-30(32,33)22-10-7-18(8-11-22)16-36(41)14-13-19-9-12-26(28(38)24(19)17-36)35-34-25-6-2-5-23(27(25)37)20-3-1-4-21(15-20)29(39)40/h1-15,34,37H,16-17H2,(H,39,40). The summed E-state index contributed by atoms with van der Waals surface area (Å²) in [6.07, 6.45) is 1.48. The number of carbonyl (C=O) groups is 2. The summed E-state index contributed by atoms with van der Waals surface area (Å²) >= 11 is 0. The van der Waals surface area contributed by atoms with Crippen molar-refractivity contribution < 1.29 is 37.6 Å². The first kappa shape index (κ1) is 27.6. The van der Waals surface area contributed by atoms with E-state index in [9.17, 15) is 38.2 Å². The van der Waals surface area contributed by atoms with Crippen LogP contribution >= 0.6 is 0 Å². The van der Waals surface area contributed by atoms with Gasteiger partial charge in [0.1, 0.15) is 24.6 Å². The molecule has 1 aliphatic carbocycles. The fourth-order valence-corrected chi connectivity index (χ4v) is 4.60. The molecule has 2 aliphatic rings. The van der Waals surface area contributed by atoms with E-state index in [4.69, 9.17) is 0 Å². The zero-order chi connectivity index (χ0) is 29.4. The molecule has 1 heterocycles. The number of rotatable bonds is 6. The maximum atomic E-state index is 13.4. The zero-order valence-corrected chi connectivity index (χ0v) is 21.2. The lowest BCUT2D eigenvalue weighted by Crippen LogP contribution is -2.42. The highest BCUT2D eigenvalue weighted by atomic mass is 19.4. The number of hydrogen-bond donors (Lipinski definition) is 3. The molecule has 0 saturated heterocycles. The fraction of sp³-hybridized carbons (Fsp3) is 0.100. The maximum Gasteiger partial charge on any atom is 0.416 e. The molecule has 5 rings (SSSR count). The van der Waals surface area contributed by atoms with E-state index in [0.29, 0.717) is 22.3 Å². The largest absolute Gasteiger partial charge is 0.627 e. The molecule has 0 amide bonds. The van der Waals surface area contributed by atoms with Crippen LogP contribution < -0.4 is 5.43 Å². The second-order valence-corrected chi connectivity index (χ2v) is 9.57. The first-order chi connectivity index (χ1) is 19.4. The zero-order valence-electron chi connectivity index (χ0n) is 21.2. The van der Waals surface area contributed by atoms with Crippen molar-refractivity contribution in [2.75, 3.05) is 12.0 Å². The molecule has 1 aliphatic heterocycles. The molecule has 3 aromatic carbocycles. The summed E-state index contributed by atoms with van der Waals surface area (Å²) in [6.45, 7) is -0.410. The van der Waals surface area contributed by atoms with Gasteiger partial charge in [0, 0.05) is 11.1 Å². The molecule has 0 spiro atoms. The summed E-state index contributed by atoms with van der Waals surface area (Å²) in [5.74, 6) is -1.82. The van der Waals surface area contributed by atoms with Gasteiger partial charge >= 0.3 is 12.1 Å². The number of para-hydroxylation sites is 1. The van der Waals surface area contributed by atoms with E-state index in [0.717, 1.165) is 12.1 Å². The predicted molar refractivity (Wildman–Crippen MR) is 146 cm³/mol. The molecule has 0 bridgehead atoms. The van der Waals surface area contributed by atoms with Crippen LogP contribution in [0.5, 0.6) is 5.75 Å². The van der Waals surface area contributed by atoms with Crippen LogP contribution in [0.3, 0.4) is 0 Å². The SMILES string of the molecule is O=C1C(=NNc2cccc(-c3cccc(C(=O)O)c3)c2O)C=CC2=C1C[N+]([O-])(Cc1ccc(C(F)(F)F)cc1)C=C2. The minimum absolute atomic E-state index is 0.0159. The number of Topliss-reactive ketones (excluding diaryl/α,β-unsaturated/α-hetero) is 1. The molecule has 0 saturated carbocycles. The van der Waals surface area contributed by atoms with Gasteiger partial charge in [-0.15, -0.1) is 0 Å². The van der Waals surface area contributed by atoms with Crippen LogP contribution in [0, 0.1) is 5.21 Å². The van der Waals surface area contributed by atoms with Crippen LogP contribution in [0.15, 0.2) is 107 Å². The van der Waals surface area contributed by atoms with Crippen molar-refractivity contribution in [1.29, 1.82) is 0 Å². The number of phenolic OH excluding ortho intramolecular Hbond substituents is 1. The molecule has 0 fully saturated rings. The average Bonchev–Trinajstić information content (AvgIpc) is 2.93. The van der Waals surface area contributed by atoms with Gasteiger partial charge in [-0.3, -0.25) is 10.2 Å². The molecular weight excluding hydrogens is 539 g/mol. The summed E-state index contributed by atoms with van der Waals surface area (Å²) in [4.78, 5) is 24.6. The lowest BCUT2D eigenvalue weighted by molar-refractivity contribution is -0.838. The fourth-order valence-electron chi connectivity index (χ4n) is 4.60. The summed E-state index contributed by atoms with van der Waals surface area (Å²) in [5, 5.41) is 37.6. The first-order valence-corrected chi connectivity index (χ1v) is 12.3. The molecule has 208 valence electrons. The molecule has 1 atom stereocenters. The Kier molecular flexibility index (Phi) is 7.08. The van der Waals surface area contributed by atoms with Gasteiger partial charge in [0.2, 0.25) is 5.78 Å². The van der Waals surface area contributed by atoms with Crippen LogP contribution in [0.25, 0.3) is 11.1 Å². The number of hydrogen-bond acceptors (Lipinski definition) is 6. The number of halogens is 3. The van der Waals surface area contributed by atoms with Crippen molar-refractivity contribution in [3.63, 3.8) is 0 Å². The topological polar surface area (TPSA) is 122 Å². The number of phenols is 1. The van der Waals surface area contributed by atoms with Gasteiger partial charge in [0.05, 0.1) is 28.6 Å². The number of allylic oxidation sites excluding steroid dienone is 4. The Morgan fingerprint density at radius 2 is 1.76 bits per heavy atom. The number of benzene rings is 3. The number of anilines is 1. The molecule has 41 heavy (non-hydrogen) atoms. The number of carboxylic acids is 1. The summed E-state index contributed by atoms with van der Waals surface area (Å²) < 4.78 is 37.7. The maximum absolute atomic E-state index is 13.4. The Morgan fingerprint density at radius 1 is 1.02 bits per heavy atom. The number of ketones is 1. The monoisotopic (exact) mass is 561 g/mol. The molecule has 3 aromatic rings. The van der Waals surface area contributed by atoms with Crippen LogP contribution in [0.2, 0.25) is 0 Å². The van der Waals surface area contributed by atoms with Gasteiger partial charge in [0.25, 0.3) is 0 Å². The van der Waals surface area contributed by atoms with Crippen molar-refractivity contribution in [1.82, 2.24) is 0 Å². The minimum Gasteiger partial charge on any atom is -0.627 e. The van der Waals surface area contributed by atoms with Gasteiger partial charge in [-0.05, 0) is 53.6 Å². The Hall–Kier alpha value is -5.00. The van der Waals surface area contributed by atoms with Crippen molar-refractivity contribution in [3.8, 4) is 16.9 Å². The highest BCUT2D eigenvalue weighted by molar-refractivity contribution is 6.51. The van der Waals surface area contributed by atoms with Gasteiger partial charge in [-0.2, -0.15) is 18.3 Å². The lowest BCUT2D eigenvalue weighted by Gasteiger charge is -2.42. The Labute approximate surface area is 231 Å². The van der Waals surface area contributed by atoms with E-state index < -0.39 is 28.1 Å². The van der Waals surface area contributed by atoms with E-state index >= 15 is 0 Å². The lowest BCUT2D eigenvalue weighted by atomic mass is 9.92. The normalized spacial score (nSPS) is 19.4. The molecule has 8 nitrogen and oxygen atoms in total. The van der Waals surface area contributed by atoms with Crippen molar-refractivity contribution >= 4 is 23.2 Å². The Bertz CT molecular complexity index is 1670. The van der Waals surface area contributed by atoms with Gasteiger partial charge in [-0.25, -0.2) is 4.79 Å². The van der Waals surface area contributed by atoms with Crippen molar-refractivity contribution in [3.05, 3.63) is 124 Å². The molecular formula is C30H22F3N3O5. The third kappa shape index (κ3) is 5.81.